The van der Waals surface area contributed by atoms with E-state index in [2.05, 4.69) is 16.9 Å². The maximum absolute atomic E-state index is 11.8. The number of hydrogen-bond donors (Lipinski definition) is 0. The number of ether oxygens (including phenoxy) is 2. The summed E-state index contributed by atoms with van der Waals surface area (Å²) in [4.78, 5) is 20.8. The number of aryl methyl sites for hydroxylation is 1. The molecule has 2 heterocycles. The van der Waals surface area contributed by atoms with Crippen LogP contribution in [0.3, 0.4) is 0 Å². The molecule has 0 aliphatic heterocycles. The number of hydrogen-bond acceptors (Lipinski definition) is 5. The van der Waals surface area contributed by atoms with E-state index in [1.807, 2.05) is 29.7 Å². The zero-order valence-corrected chi connectivity index (χ0v) is 17.1. The number of imidazole rings is 1. The molecule has 0 aliphatic carbocycles. The fourth-order valence-corrected chi connectivity index (χ4v) is 3.21. The maximum atomic E-state index is 11.8. The third-order valence-electron chi connectivity index (χ3n) is 4.55. The Morgan fingerprint density at radius 2 is 2.00 bits per heavy atom. The van der Waals surface area contributed by atoms with Crippen LogP contribution in [0.5, 0.6) is 5.75 Å². The number of aromatic nitrogens is 3. The van der Waals surface area contributed by atoms with Crippen molar-refractivity contribution in [3.05, 3.63) is 52.4 Å². The van der Waals surface area contributed by atoms with Crippen molar-refractivity contribution >= 4 is 28.7 Å². The first-order valence-electron chi connectivity index (χ1n) is 9.37. The van der Waals surface area contributed by atoms with Crippen molar-refractivity contribution in [1.29, 1.82) is 0 Å². The van der Waals surface area contributed by atoms with E-state index >= 15 is 0 Å². The molecule has 6 nitrogen and oxygen atoms in total. The highest BCUT2D eigenvalue weighted by Gasteiger charge is 2.15. The van der Waals surface area contributed by atoms with E-state index in [-0.39, 0.29) is 5.69 Å². The van der Waals surface area contributed by atoms with Gasteiger partial charge in [-0.1, -0.05) is 37.4 Å². The Morgan fingerprint density at radius 1 is 1.18 bits per heavy atom. The molecule has 0 saturated carbocycles. The number of methoxy groups -OCH3 is 1. The zero-order valence-electron chi connectivity index (χ0n) is 16.4. The number of esters is 1. The second-order valence-corrected chi connectivity index (χ2v) is 6.99. The van der Waals surface area contributed by atoms with Crippen LogP contribution >= 0.6 is 11.6 Å². The molecule has 7 heteroatoms. The molecule has 0 saturated heterocycles. The van der Waals surface area contributed by atoms with Gasteiger partial charge in [-0.2, -0.15) is 0 Å². The highest BCUT2D eigenvalue weighted by atomic mass is 35.5. The predicted molar refractivity (Wildman–Crippen MR) is 109 cm³/mol. The largest absolute Gasteiger partial charge is 0.494 e. The monoisotopic (exact) mass is 401 g/mol. The topological polar surface area (TPSA) is 66.2 Å². The lowest BCUT2D eigenvalue weighted by atomic mass is 10.2. The van der Waals surface area contributed by atoms with E-state index in [1.54, 1.807) is 12.1 Å². The third-order valence-corrected chi connectivity index (χ3v) is 4.90. The van der Waals surface area contributed by atoms with Crippen molar-refractivity contribution in [1.82, 2.24) is 14.5 Å². The molecule has 0 spiro atoms. The van der Waals surface area contributed by atoms with Crippen LogP contribution in [0.4, 0.5) is 0 Å². The highest BCUT2D eigenvalue weighted by molar-refractivity contribution is 6.31. The van der Waals surface area contributed by atoms with Gasteiger partial charge >= 0.3 is 5.97 Å². The minimum atomic E-state index is -0.477. The molecule has 0 amide bonds. The molecule has 0 aliphatic rings. The van der Waals surface area contributed by atoms with Crippen LogP contribution in [-0.2, 0) is 11.3 Å². The minimum absolute atomic E-state index is 0.248. The van der Waals surface area contributed by atoms with Crippen LogP contribution in [-0.4, -0.2) is 34.2 Å². The summed E-state index contributed by atoms with van der Waals surface area (Å²) in [6.45, 7) is 5.25. The van der Waals surface area contributed by atoms with E-state index in [4.69, 9.17) is 21.1 Å². The Labute approximate surface area is 169 Å². The maximum Gasteiger partial charge on any atom is 0.356 e. The van der Waals surface area contributed by atoms with E-state index < -0.39 is 5.97 Å². The van der Waals surface area contributed by atoms with Gasteiger partial charge in [0, 0.05) is 5.02 Å². The first kappa shape index (κ1) is 20.1. The fourth-order valence-electron chi connectivity index (χ4n) is 2.98. The van der Waals surface area contributed by atoms with Gasteiger partial charge in [-0.3, -0.25) is 0 Å². The van der Waals surface area contributed by atoms with Gasteiger partial charge in [-0.15, -0.1) is 0 Å². The molecular formula is C21H24ClN3O3. The molecule has 0 unspecified atom stereocenters. The standard InChI is InChI=1S/C21H24ClN3O3/c1-4-5-6-11-28-16-8-7-15(17(22)12-16)13-25-14(2)23-18-9-10-19(21(26)27-3)24-20(18)25/h7-10,12H,4-6,11,13H2,1-3H3. The second-order valence-electron chi connectivity index (χ2n) is 6.58. The summed E-state index contributed by atoms with van der Waals surface area (Å²) in [5, 5.41) is 0.623. The average Bonchev–Trinajstić information content (AvgIpc) is 3.01. The molecule has 3 aromatic rings. The number of pyridine rings is 1. The number of halogens is 1. The van der Waals surface area contributed by atoms with E-state index in [9.17, 15) is 4.79 Å². The molecule has 148 valence electrons. The molecule has 1 aromatic carbocycles. The molecule has 0 radical (unpaired) electrons. The lowest BCUT2D eigenvalue weighted by Gasteiger charge is -2.11. The van der Waals surface area contributed by atoms with Crippen molar-refractivity contribution in [2.45, 2.75) is 39.7 Å². The van der Waals surface area contributed by atoms with Gasteiger partial charge in [0.05, 0.1) is 20.3 Å². The summed E-state index contributed by atoms with van der Waals surface area (Å²) in [6, 6.07) is 9.10. The molecule has 0 fully saturated rings. The quantitative estimate of drug-likeness (QED) is 0.400. The molecule has 28 heavy (non-hydrogen) atoms. The smallest absolute Gasteiger partial charge is 0.356 e. The third kappa shape index (κ3) is 4.44. The number of carbonyl (C=O) groups excluding carboxylic acids is 1. The Bertz CT molecular complexity index is 984. The Balaban J connectivity index is 1.83. The Morgan fingerprint density at radius 3 is 2.71 bits per heavy atom. The van der Waals surface area contributed by atoms with Crippen molar-refractivity contribution < 1.29 is 14.3 Å². The molecule has 3 rings (SSSR count). The summed E-state index contributed by atoms with van der Waals surface area (Å²) in [5.74, 6) is 1.08. The Kier molecular flexibility index (Phi) is 6.52. The van der Waals surface area contributed by atoms with Crippen LogP contribution in [0.25, 0.3) is 11.2 Å². The predicted octanol–water partition coefficient (Wildman–Crippen LogP) is 4.80. The summed E-state index contributed by atoms with van der Waals surface area (Å²) < 4.78 is 12.5. The highest BCUT2D eigenvalue weighted by Crippen LogP contribution is 2.25. The van der Waals surface area contributed by atoms with Crippen LogP contribution in [0.1, 0.15) is 48.1 Å². The minimum Gasteiger partial charge on any atom is -0.494 e. The fraction of sp³-hybridized carbons (Fsp3) is 0.381. The lowest BCUT2D eigenvalue weighted by Crippen LogP contribution is -2.07. The van der Waals surface area contributed by atoms with Crippen molar-refractivity contribution in [3.8, 4) is 5.75 Å². The summed E-state index contributed by atoms with van der Waals surface area (Å²) in [5.41, 5.74) is 2.52. The van der Waals surface area contributed by atoms with Crippen LogP contribution < -0.4 is 4.74 Å². The van der Waals surface area contributed by atoms with Crippen LogP contribution in [0.15, 0.2) is 30.3 Å². The van der Waals surface area contributed by atoms with Crippen molar-refractivity contribution in [2.75, 3.05) is 13.7 Å². The number of carbonyl (C=O) groups is 1. The number of benzene rings is 1. The lowest BCUT2D eigenvalue weighted by molar-refractivity contribution is 0.0594. The first-order chi connectivity index (χ1) is 13.5. The molecule has 0 N–H and O–H groups in total. The van der Waals surface area contributed by atoms with Gasteiger partial charge < -0.3 is 14.0 Å². The van der Waals surface area contributed by atoms with E-state index in [1.165, 1.54) is 7.11 Å². The number of fused-ring (bicyclic) bond motifs is 1. The van der Waals surface area contributed by atoms with E-state index in [0.717, 1.165) is 41.9 Å². The van der Waals surface area contributed by atoms with E-state index in [0.29, 0.717) is 23.8 Å². The van der Waals surface area contributed by atoms with Gasteiger partial charge in [0.1, 0.15) is 17.1 Å². The van der Waals surface area contributed by atoms with Crippen molar-refractivity contribution in [3.63, 3.8) is 0 Å². The summed E-state index contributed by atoms with van der Waals surface area (Å²) in [6.07, 6.45) is 3.34. The summed E-state index contributed by atoms with van der Waals surface area (Å²) in [7, 11) is 1.34. The summed E-state index contributed by atoms with van der Waals surface area (Å²) >= 11 is 6.49. The van der Waals surface area contributed by atoms with Gasteiger partial charge in [0.25, 0.3) is 0 Å². The molecule has 2 aromatic heterocycles. The Hall–Kier alpha value is -2.60. The first-order valence-corrected chi connectivity index (χ1v) is 9.74. The van der Waals surface area contributed by atoms with Gasteiger partial charge in [-0.25, -0.2) is 14.8 Å². The van der Waals surface area contributed by atoms with Crippen LogP contribution in [0, 0.1) is 6.92 Å². The zero-order chi connectivity index (χ0) is 20.1. The van der Waals surface area contributed by atoms with Gasteiger partial charge in [-0.05, 0) is 43.2 Å². The second kappa shape index (κ2) is 9.06. The van der Waals surface area contributed by atoms with Gasteiger partial charge in [0.15, 0.2) is 11.3 Å². The van der Waals surface area contributed by atoms with Crippen LogP contribution in [0.2, 0.25) is 5.02 Å². The van der Waals surface area contributed by atoms with Crippen molar-refractivity contribution in [2.24, 2.45) is 0 Å². The molecule has 0 atom stereocenters. The number of nitrogens with zero attached hydrogens (tertiary/aromatic N) is 3. The molecular weight excluding hydrogens is 378 g/mol. The normalized spacial score (nSPS) is 11.0. The number of rotatable bonds is 8. The average molecular weight is 402 g/mol. The van der Waals surface area contributed by atoms with Gasteiger partial charge in [0.2, 0.25) is 0 Å². The molecule has 0 bridgehead atoms. The SMILES string of the molecule is CCCCCOc1ccc(Cn2c(C)nc3ccc(C(=O)OC)nc32)c(Cl)c1. The number of unbranched alkanes of at least 4 members (excludes halogenated alkanes) is 2.